The molecule has 0 aliphatic carbocycles. The standard InChI is InChI=1S/C19H24N2O3S2/c1-5-19(3,4)21-17(22)10-24-18(23)15-8-6-7-9-16(15)26-12-14-11-25-13(2)20-14/h6-9,11H,5,10,12H2,1-4H3,(H,21,22). The number of hydrogen-bond donors (Lipinski definition) is 1. The van der Waals surface area contributed by atoms with E-state index in [1.54, 1.807) is 23.5 Å². The minimum absolute atomic E-state index is 0.285. The highest BCUT2D eigenvalue weighted by Crippen LogP contribution is 2.27. The lowest BCUT2D eigenvalue weighted by molar-refractivity contribution is -0.125. The lowest BCUT2D eigenvalue weighted by Crippen LogP contribution is -2.44. The number of esters is 1. The zero-order valence-electron chi connectivity index (χ0n) is 15.5. The van der Waals surface area contributed by atoms with Gasteiger partial charge in [-0.05, 0) is 39.3 Å². The molecule has 1 amide bonds. The van der Waals surface area contributed by atoms with Gasteiger partial charge in [0.2, 0.25) is 0 Å². The van der Waals surface area contributed by atoms with Crippen LogP contribution in [0.2, 0.25) is 0 Å². The van der Waals surface area contributed by atoms with Gasteiger partial charge in [0.15, 0.2) is 6.61 Å². The fourth-order valence-corrected chi connectivity index (χ4v) is 3.75. The van der Waals surface area contributed by atoms with Gasteiger partial charge in [0.1, 0.15) is 0 Å². The Morgan fingerprint density at radius 3 is 2.69 bits per heavy atom. The van der Waals surface area contributed by atoms with Gasteiger partial charge in [-0.3, -0.25) is 4.79 Å². The number of carbonyl (C=O) groups is 2. The number of rotatable bonds is 8. The van der Waals surface area contributed by atoms with E-state index in [9.17, 15) is 9.59 Å². The van der Waals surface area contributed by atoms with Crippen LogP contribution in [0.15, 0.2) is 34.5 Å². The summed E-state index contributed by atoms with van der Waals surface area (Å²) in [6, 6.07) is 7.25. The van der Waals surface area contributed by atoms with Gasteiger partial charge >= 0.3 is 5.97 Å². The molecule has 7 heteroatoms. The monoisotopic (exact) mass is 392 g/mol. The van der Waals surface area contributed by atoms with E-state index in [1.165, 1.54) is 11.8 Å². The fourth-order valence-electron chi connectivity index (χ4n) is 2.10. The molecule has 1 aromatic carbocycles. The minimum Gasteiger partial charge on any atom is -0.452 e. The van der Waals surface area contributed by atoms with Gasteiger partial charge in [-0.1, -0.05) is 19.1 Å². The molecule has 140 valence electrons. The third-order valence-corrected chi connectivity index (χ3v) is 5.77. The predicted octanol–water partition coefficient (Wildman–Crippen LogP) is 4.21. The van der Waals surface area contributed by atoms with Crippen LogP contribution < -0.4 is 5.32 Å². The number of aromatic nitrogens is 1. The van der Waals surface area contributed by atoms with E-state index in [4.69, 9.17) is 4.74 Å². The van der Waals surface area contributed by atoms with Crippen LogP contribution in [-0.4, -0.2) is 29.0 Å². The molecule has 2 aromatic rings. The predicted molar refractivity (Wildman–Crippen MR) is 106 cm³/mol. The third-order valence-electron chi connectivity index (χ3n) is 3.85. The maximum Gasteiger partial charge on any atom is 0.339 e. The van der Waals surface area contributed by atoms with Crippen LogP contribution in [-0.2, 0) is 15.3 Å². The number of ether oxygens (including phenoxy) is 1. The van der Waals surface area contributed by atoms with Crippen LogP contribution in [0.1, 0.15) is 48.3 Å². The van der Waals surface area contributed by atoms with Crippen molar-refractivity contribution < 1.29 is 14.3 Å². The second kappa shape index (κ2) is 9.19. The van der Waals surface area contributed by atoms with Crippen LogP contribution in [0.3, 0.4) is 0 Å². The van der Waals surface area contributed by atoms with Gasteiger partial charge in [-0.25, -0.2) is 9.78 Å². The Labute approximate surface area is 162 Å². The minimum atomic E-state index is -0.494. The maximum absolute atomic E-state index is 12.4. The first-order valence-electron chi connectivity index (χ1n) is 8.41. The molecular formula is C19H24N2O3S2. The quantitative estimate of drug-likeness (QED) is 0.538. The lowest BCUT2D eigenvalue weighted by Gasteiger charge is -2.24. The number of carbonyl (C=O) groups excluding carboxylic acids is 2. The number of nitrogens with one attached hydrogen (secondary N) is 1. The number of hydrogen-bond acceptors (Lipinski definition) is 6. The number of amides is 1. The van der Waals surface area contributed by atoms with Gasteiger partial charge in [-0.2, -0.15) is 0 Å². The Morgan fingerprint density at radius 1 is 1.31 bits per heavy atom. The molecule has 0 atom stereocenters. The van der Waals surface area contributed by atoms with Crippen molar-refractivity contribution in [3.8, 4) is 0 Å². The van der Waals surface area contributed by atoms with Crippen LogP contribution in [0.5, 0.6) is 0 Å². The van der Waals surface area contributed by atoms with Crippen LogP contribution >= 0.6 is 23.1 Å². The normalized spacial score (nSPS) is 11.2. The summed E-state index contributed by atoms with van der Waals surface area (Å²) < 4.78 is 5.20. The first kappa shape index (κ1) is 20.5. The summed E-state index contributed by atoms with van der Waals surface area (Å²) in [5, 5.41) is 5.89. The molecule has 5 nitrogen and oxygen atoms in total. The molecule has 0 aliphatic rings. The average Bonchev–Trinajstić information content (AvgIpc) is 3.03. The zero-order valence-corrected chi connectivity index (χ0v) is 17.1. The second-order valence-corrected chi connectivity index (χ2v) is 8.58. The van der Waals surface area contributed by atoms with Crippen LogP contribution in [0.4, 0.5) is 0 Å². The van der Waals surface area contributed by atoms with E-state index in [1.807, 2.05) is 45.2 Å². The van der Waals surface area contributed by atoms with Gasteiger partial charge in [0.25, 0.3) is 5.91 Å². The summed E-state index contributed by atoms with van der Waals surface area (Å²) >= 11 is 3.14. The molecule has 0 bridgehead atoms. The van der Waals surface area contributed by atoms with Crippen molar-refractivity contribution in [2.75, 3.05) is 6.61 Å². The molecule has 2 rings (SSSR count). The van der Waals surface area contributed by atoms with E-state index >= 15 is 0 Å². The molecule has 0 radical (unpaired) electrons. The number of nitrogens with zero attached hydrogens (tertiary/aromatic N) is 1. The summed E-state index contributed by atoms with van der Waals surface area (Å²) in [7, 11) is 0. The molecule has 0 saturated heterocycles. The fraction of sp³-hybridized carbons (Fsp3) is 0.421. The summed E-state index contributed by atoms with van der Waals surface area (Å²) in [6.45, 7) is 7.53. The molecule has 0 aliphatic heterocycles. The number of benzene rings is 1. The van der Waals surface area contributed by atoms with Gasteiger partial charge in [0.05, 0.1) is 16.3 Å². The smallest absolute Gasteiger partial charge is 0.339 e. The second-order valence-electron chi connectivity index (χ2n) is 6.50. The molecule has 0 fully saturated rings. The lowest BCUT2D eigenvalue weighted by atomic mass is 10.0. The molecule has 1 heterocycles. The molecule has 0 unspecified atom stereocenters. The van der Waals surface area contributed by atoms with Gasteiger partial charge in [-0.15, -0.1) is 23.1 Å². The Kier molecular flexibility index (Phi) is 7.23. The Bertz CT molecular complexity index is 772. The third kappa shape index (κ3) is 6.14. The molecule has 0 saturated carbocycles. The highest BCUT2D eigenvalue weighted by molar-refractivity contribution is 7.98. The summed E-state index contributed by atoms with van der Waals surface area (Å²) in [6.07, 6.45) is 0.794. The SMILES string of the molecule is CCC(C)(C)NC(=O)COC(=O)c1ccccc1SCc1csc(C)n1. The van der Waals surface area contributed by atoms with E-state index in [0.29, 0.717) is 11.3 Å². The van der Waals surface area contributed by atoms with Crippen LogP contribution in [0.25, 0.3) is 0 Å². The van der Waals surface area contributed by atoms with Crippen molar-refractivity contribution in [2.24, 2.45) is 0 Å². The van der Waals surface area contributed by atoms with E-state index in [0.717, 1.165) is 22.0 Å². The van der Waals surface area contributed by atoms with E-state index < -0.39 is 5.97 Å². The summed E-state index contributed by atoms with van der Waals surface area (Å²) in [5.74, 6) is -0.111. The largest absolute Gasteiger partial charge is 0.452 e. The Balaban J connectivity index is 1.95. The van der Waals surface area contributed by atoms with Crippen molar-refractivity contribution in [3.05, 3.63) is 45.9 Å². The molecule has 1 aromatic heterocycles. The molecule has 0 spiro atoms. The van der Waals surface area contributed by atoms with E-state index in [2.05, 4.69) is 10.3 Å². The molecular weight excluding hydrogens is 368 g/mol. The molecule has 26 heavy (non-hydrogen) atoms. The summed E-state index contributed by atoms with van der Waals surface area (Å²) in [5.41, 5.74) is 1.14. The highest BCUT2D eigenvalue weighted by Gasteiger charge is 2.20. The highest BCUT2D eigenvalue weighted by atomic mass is 32.2. The molecule has 1 N–H and O–H groups in total. The van der Waals surface area contributed by atoms with E-state index in [-0.39, 0.29) is 18.1 Å². The van der Waals surface area contributed by atoms with Gasteiger partial charge in [0, 0.05) is 21.6 Å². The summed E-state index contributed by atoms with van der Waals surface area (Å²) in [4.78, 5) is 29.6. The Morgan fingerprint density at radius 2 is 2.04 bits per heavy atom. The first-order valence-corrected chi connectivity index (χ1v) is 10.3. The number of thiazole rings is 1. The number of thioether (sulfide) groups is 1. The number of aryl methyl sites for hydroxylation is 1. The first-order chi connectivity index (χ1) is 12.3. The van der Waals surface area contributed by atoms with Crippen molar-refractivity contribution in [2.45, 2.75) is 50.3 Å². The average molecular weight is 393 g/mol. The topological polar surface area (TPSA) is 68.3 Å². The van der Waals surface area contributed by atoms with Gasteiger partial charge < -0.3 is 10.1 Å². The van der Waals surface area contributed by atoms with Crippen LogP contribution in [0, 0.1) is 6.92 Å². The van der Waals surface area contributed by atoms with Crippen molar-refractivity contribution >= 4 is 35.0 Å². The Hall–Kier alpha value is -1.86. The van der Waals surface area contributed by atoms with Crippen molar-refractivity contribution in [1.82, 2.24) is 10.3 Å². The van der Waals surface area contributed by atoms with Crippen molar-refractivity contribution in [3.63, 3.8) is 0 Å². The van der Waals surface area contributed by atoms with Crippen molar-refractivity contribution in [1.29, 1.82) is 0 Å². The zero-order chi connectivity index (χ0) is 19.2. The maximum atomic E-state index is 12.4.